The summed E-state index contributed by atoms with van der Waals surface area (Å²) in [5.41, 5.74) is 8.53. The molecule has 140 valence electrons. The van der Waals surface area contributed by atoms with Crippen molar-refractivity contribution in [1.29, 1.82) is 0 Å². The molecule has 1 aliphatic heterocycles. The molecule has 2 N–H and O–H groups in total. The van der Waals surface area contributed by atoms with E-state index >= 15 is 0 Å². The van der Waals surface area contributed by atoms with Gasteiger partial charge in [0.25, 0.3) is 0 Å². The van der Waals surface area contributed by atoms with Crippen molar-refractivity contribution in [3.63, 3.8) is 0 Å². The summed E-state index contributed by atoms with van der Waals surface area (Å²) < 4.78 is 17.2. The van der Waals surface area contributed by atoms with Crippen LogP contribution in [0.2, 0.25) is 0 Å². The number of aromatic nitrogens is 2. The van der Waals surface area contributed by atoms with Crippen LogP contribution in [0.25, 0.3) is 11.4 Å². The van der Waals surface area contributed by atoms with Gasteiger partial charge in [-0.15, -0.1) is 0 Å². The molecule has 4 rings (SSSR count). The minimum atomic E-state index is -0.0598. The van der Waals surface area contributed by atoms with E-state index in [1.165, 1.54) is 5.56 Å². The van der Waals surface area contributed by atoms with Gasteiger partial charge in [-0.2, -0.15) is 4.98 Å². The van der Waals surface area contributed by atoms with E-state index in [1.807, 2.05) is 30.3 Å². The van der Waals surface area contributed by atoms with Gasteiger partial charge in [0.1, 0.15) is 6.04 Å². The summed E-state index contributed by atoms with van der Waals surface area (Å²) in [6.07, 6.45) is 0.810. The third kappa shape index (κ3) is 3.69. The van der Waals surface area contributed by atoms with Crippen LogP contribution in [0.15, 0.2) is 51.5 Å². The van der Waals surface area contributed by atoms with Crippen LogP contribution in [-0.4, -0.2) is 24.4 Å². The van der Waals surface area contributed by atoms with Crippen molar-refractivity contribution in [2.24, 2.45) is 0 Å². The quantitative estimate of drug-likeness (QED) is 0.636. The fourth-order valence-corrected chi connectivity index (χ4v) is 3.55. The average Bonchev–Trinajstić information content (AvgIpc) is 3.37. The lowest BCUT2D eigenvalue weighted by atomic mass is 10.0. The number of benzene rings is 2. The maximum atomic E-state index is 5.50. The lowest BCUT2D eigenvalue weighted by Crippen LogP contribution is -2.26. The first-order chi connectivity index (χ1) is 13.2. The van der Waals surface area contributed by atoms with E-state index in [0.29, 0.717) is 23.2 Å². The van der Waals surface area contributed by atoms with E-state index < -0.39 is 0 Å². The summed E-state index contributed by atoms with van der Waals surface area (Å²) in [4.78, 5) is 4.55. The Bertz CT molecular complexity index is 946. The van der Waals surface area contributed by atoms with E-state index in [4.69, 9.17) is 14.0 Å². The zero-order valence-corrected chi connectivity index (χ0v) is 16.5. The lowest BCUT2D eigenvalue weighted by molar-refractivity contribution is 0.340. The molecular formula is C19H19BrN4O3. The van der Waals surface area contributed by atoms with Crippen LogP contribution in [0.5, 0.6) is 11.5 Å². The van der Waals surface area contributed by atoms with E-state index in [1.54, 1.807) is 14.2 Å². The highest BCUT2D eigenvalue weighted by atomic mass is 79.9. The number of halogens is 1. The Labute approximate surface area is 165 Å². The summed E-state index contributed by atoms with van der Waals surface area (Å²) in [7, 11) is 3.20. The molecule has 1 saturated heterocycles. The molecule has 0 aliphatic carbocycles. The van der Waals surface area contributed by atoms with Crippen molar-refractivity contribution in [3.05, 3.63) is 58.4 Å². The molecule has 2 heterocycles. The molecule has 1 fully saturated rings. The van der Waals surface area contributed by atoms with Gasteiger partial charge in [0, 0.05) is 16.1 Å². The molecule has 0 spiro atoms. The minimum Gasteiger partial charge on any atom is -0.493 e. The van der Waals surface area contributed by atoms with E-state index in [2.05, 4.69) is 49.1 Å². The largest absolute Gasteiger partial charge is 0.493 e. The first kappa shape index (κ1) is 18.0. The maximum absolute atomic E-state index is 5.50. The van der Waals surface area contributed by atoms with Crippen molar-refractivity contribution in [1.82, 2.24) is 21.0 Å². The molecule has 2 aromatic carbocycles. The zero-order chi connectivity index (χ0) is 18.8. The van der Waals surface area contributed by atoms with Gasteiger partial charge >= 0.3 is 0 Å². The van der Waals surface area contributed by atoms with Crippen LogP contribution >= 0.6 is 15.9 Å². The summed E-state index contributed by atoms with van der Waals surface area (Å²) in [6.45, 7) is 0. The van der Waals surface area contributed by atoms with Gasteiger partial charge in [-0.1, -0.05) is 33.2 Å². The zero-order valence-electron chi connectivity index (χ0n) is 14.9. The van der Waals surface area contributed by atoms with Crippen molar-refractivity contribution in [2.75, 3.05) is 14.2 Å². The second-order valence-corrected chi connectivity index (χ2v) is 7.13. The number of rotatable bonds is 5. The molecule has 0 amide bonds. The van der Waals surface area contributed by atoms with E-state index in [0.717, 1.165) is 16.5 Å². The Morgan fingerprint density at radius 2 is 1.85 bits per heavy atom. The molecule has 0 bridgehead atoms. The summed E-state index contributed by atoms with van der Waals surface area (Å²) in [6, 6.07) is 13.9. The molecule has 8 heteroatoms. The Morgan fingerprint density at radius 3 is 2.63 bits per heavy atom. The first-order valence-corrected chi connectivity index (χ1v) is 9.29. The topological polar surface area (TPSA) is 81.4 Å². The van der Waals surface area contributed by atoms with Gasteiger partial charge in [0.05, 0.1) is 14.2 Å². The smallest absolute Gasteiger partial charge is 0.245 e. The third-order valence-electron chi connectivity index (χ3n) is 4.54. The molecular weight excluding hydrogens is 412 g/mol. The molecule has 7 nitrogen and oxygen atoms in total. The predicted molar refractivity (Wildman–Crippen MR) is 103 cm³/mol. The summed E-state index contributed by atoms with van der Waals surface area (Å²) in [5, 5.41) is 4.12. The standard InChI is InChI=1S/C19H19BrN4O3/c1-25-16-7-6-12(9-17(16)26-2)18-21-19(27-24-18)15-10-14(22-23-15)11-4-3-5-13(20)8-11/h3-9,14-15,22-23H,10H2,1-2H3. The van der Waals surface area contributed by atoms with Crippen LogP contribution in [0.4, 0.5) is 0 Å². The monoisotopic (exact) mass is 430 g/mol. The van der Waals surface area contributed by atoms with Crippen molar-refractivity contribution in [3.8, 4) is 22.9 Å². The molecule has 3 aromatic rings. The highest BCUT2D eigenvalue weighted by molar-refractivity contribution is 9.10. The number of methoxy groups -OCH3 is 2. The number of hydrogen-bond donors (Lipinski definition) is 2. The van der Waals surface area contributed by atoms with Crippen molar-refractivity contribution in [2.45, 2.75) is 18.5 Å². The molecule has 2 atom stereocenters. The Hall–Kier alpha value is -2.42. The highest BCUT2D eigenvalue weighted by Gasteiger charge is 2.30. The molecule has 2 unspecified atom stereocenters. The highest BCUT2D eigenvalue weighted by Crippen LogP contribution is 2.34. The van der Waals surface area contributed by atoms with Gasteiger partial charge in [-0.3, -0.25) is 0 Å². The number of hydrogen-bond acceptors (Lipinski definition) is 7. The summed E-state index contributed by atoms with van der Waals surface area (Å²) >= 11 is 3.51. The van der Waals surface area contributed by atoms with Gasteiger partial charge in [0.15, 0.2) is 11.5 Å². The van der Waals surface area contributed by atoms with Gasteiger partial charge < -0.3 is 14.0 Å². The summed E-state index contributed by atoms with van der Waals surface area (Å²) in [5.74, 6) is 2.34. The van der Waals surface area contributed by atoms with Crippen molar-refractivity contribution >= 4 is 15.9 Å². The minimum absolute atomic E-state index is 0.0598. The second kappa shape index (κ2) is 7.67. The van der Waals surface area contributed by atoms with Crippen LogP contribution in [0, 0.1) is 0 Å². The fourth-order valence-electron chi connectivity index (χ4n) is 3.13. The van der Waals surface area contributed by atoms with Crippen LogP contribution in [0.3, 0.4) is 0 Å². The average molecular weight is 431 g/mol. The lowest BCUT2D eigenvalue weighted by Gasteiger charge is -2.09. The fraction of sp³-hybridized carbons (Fsp3) is 0.263. The predicted octanol–water partition coefficient (Wildman–Crippen LogP) is 3.80. The second-order valence-electron chi connectivity index (χ2n) is 6.21. The number of nitrogens with zero attached hydrogens (tertiary/aromatic N) is 2. The van der Waals surface area contributed by atoms with Gasteiger partial charge in [-0.05, 0) is 42.3 Å². The SMILES string of the molecule is COc1ccc(-c2noc(C3CC(c4cccc(Br)c4)NN3)n2)cc1OC. The normalized spacial score (nSPS) is 19.2. The van der Waals surface area contributed by atoms with Crippen LogP contribution in [0.1, 0.15) is 30.0 Å². The van der Waals surface area contributed by atoms with E-state index in [-0.39, 0.29) is 12.1 Å². The maximum Gasteiger partial charge on any atom is 0.245 e. The molecule has 0 saturated carbocycles. The first-order valence-electron chi connectivity index (χ1n) is 8.50. The third-order valence-corrected chi connectivity index (χ3v) is 5.03. The molecule has 1 aromatic heterocycles. The van der Waals surface area contributed by atoms with E-state index in [9.17, 15) is 0 Å². The van der Waals surface area contributed by atoms with Gasteiger partial charge in [0.2, 0.25) is 11.7 Å². The Kier molecular flexibility index (Phi) is 5.11. The molecule has 0 radical (unpaired) electrons. The van der Waals surface area contributed by atoms with Crippen LogP contribution in [-0.2, 0) is 0 Å². The number of ether oxygens (including phenoxy) is 2. The van der Waals surface area contributed by atoms with Gasteiger partial charge in [-0.25, -0.2) is 10.9 Å². The molecule has 1 aliphatic rings. The Morgan fingerprint density at radius 1 is 1.04 bits per heavy atom. The van der Waals surface area contributed by atoms with Crippen LogP contribution < -0.4 is 20.3 Å². The molecule has 27 heavy (non-hydrogen) atoms. The number of hydrazine groups is 1. The van der Waals surface area contributed by atoms with Crippen molar-refractivity contribution < 1.29 is 14.0 Å². The Balaban J connectivity index is 1.52. The number of nitrogens with one attached hydrogen (secondary N) is 2.